The number of anilines is 3. The highest BCUT2D eigenvalue weighted by atomic mass is 79.9. The fraction of sp³-hybridized carbons (Fsp3) is 0.143. The Balaban J connectivity index is 0.000000169. The van der Waals surface area contributed by atoms with Crippen LogP contribution in [0.15, 0.2) is 200 Å². The van der Waals surface area contributed by atoms with E-state index in [2.05, 4.69) is 99.5 Å². The summed E-state index contributed by atoms with van der Waals surface area (Å²) in [6.45, 7) is 4.38. The third kappa shape index (κ3) is 19.8. The molecule has 0 atom stereocenters. The van der Waals surface area contributed by atoms with E-state index in [9.17, 15) is 28.8 Å². The molecule has 3 amide bonds. The van der Waals surface area contributed by atoms with Gasteiger partial charge in [-0.3, -0.25) is 45.0 Å². The number of pyridine rings is 3. The van der Waals surface area contributed by atoms with Gasteiger partial charge in [-0.05, 0) is 156 Å². The van der Waals surface area contributed by atoms with Crippen LogP contribution in [0, 0.1) is 16.2 Å². The predicted octanol–water partition coefficient (Wildman–Crippen LogP) is 14.5. The molecule has 5 heterocycles. The lowest BCUT2D eigenvalue weighted by atomic mass is 9.97. The van der Waals surface area contributed by atoms with E-state index < -0.39 is 11.8 Å². The first-order valence-electron chi connectivity index (χ1n) is 29.4. The number of benzene rings is 6. The Morgan fingerprint density at radius 3 is 1.09 bits per heavy atom. The molecule has 6 aromatic carbocycles. The fourth-order valence-corrected chi connectivity index (χ4v) is 11.1. The Bertz CT molecular complexity index is 4370. The first kappa shape index (κ1) is 71.3. The number of ketones is 3. The predicted molar refractivity (Wildman–Crippen MR) is 384 cm³/mol. The van der Waals surface area contributed by atoms with Crippen molar-refractivity contribution >= 4 is 157 Å². The molecule has 2 fully saturated rings. The largest absolute Gasteiger partial charge is 0.391 e. The number of amidine groups is 2. The molecule has 488 valence electrons. The molecule has 96 heavy (non-hydrogen) atoms. The molecule has 2 aliphatic rings. The standard InChI is InChI=1S/C25H22BrClN4O3.C24H20Br2N4O2.C21H16BrClN4O3/c26-19-6-8-23(29-15-19)30-25(33)21-14-20(27)7-5-18(21)13-22(32)16-1-3-17(4-2-16)24(28)31-9-11-34-12-10-31;25-18-7-6-17(20(13-18)24(32)29-22-9-8-19(26)14-28-22)12-21(31)15-2-4-16(5-3-15)23(27)30-10-1-11-30;22-15-6-8-19(26-11-15)27-21(29)17-10-16(23)7-5-14(17)9-18(28)12-1-3-13(4-2-12)20(24)30-25/h1-8,14-15,28H,9-13H2,(H,29,30,33);2-9,13-14,27H,1,10-12H2,(H,28,29,32);1-8,10-11,24H,9,25H2,(H,26,27,29). The van der Waals surface area contributed by atoms with Gasteiger partial charge < -0.3 is 35.3 Å². The number of hydrogen-bond donors (Lipinski definition) is 7. The molecule has 9 aromatic rings. The van der Waals surface area contributed by atoms with Crippen LogP contribution in [0.3, 0.4) is 0 Å². The number of carbonyl (C=O) groups excluding carboxylic acids is 6. The topological polar surface area (TPSA) is 300 Å². The molecule has 20 nitrogen and oxygen atoms in total. The van der Waals surface area contributed by atoms with Crippen molar-refractivity contribution in [3.05, 3.63) is 277 Å². The van der Waals surface area contributed by atoms with Gasteiger partial charge in [0, 0.05) is 142 Å². The average Bonchev–Trinajstić information content (AvgIpc) is 0.859. The summed E-state index contributed by atoms with van der Waals surface area (Å²) < 4.78 is 8.48. The van der Waals surface area contributed by atoms with Crippen LogP contribution >= 0.6 is 86.9 Å². The second-order valence-electron chi connectivity index (χ2n) is 21.5. The lowest BCUT2D eigenvalue weighted by Crippen LogP contribution is -2.42. The van der Waals surface area contributed by atoms with Gasteiger partial charge in [0.15, 0.2) is 17.3 Å². The maximum absolute atomic E-state index is 13.0. The van der Waals surface area contributed by atoms with E-state index in [4.69, 9.17) is 50.1 Å². The van der Waals surface area contributed by atoms with Crippen molar-refractivity contribution in [2.24, 2.45) is 5.90 Å². The highest BCUT2D eigenvalue weighted by molar-refractivity contribution is 9.11. The molecule has 3 aromatic heterocycles. The van der Waals surface area contributed by atoms with E-state index in [1.54, 1.807) is 158 Å². The summed E-state index contributed by atoms with van der Waals surface area (Å²) in [6.07, 6.45) is 5.99. The molecule has 0 unspecified atom stereocenters. The number of nitrogens with zero attached hydrogens (tertiary/aromatic N) is 5. The zero-order valence-electron chi connectivity index (χ0n) is 50.7. The zero-order valence-corrected chi connectivity index (χ0v) is 58.6. The van der Waals surface area contributed by atoms with E-state index in [1.165, 1.54) is 6.07 Å². The van der Waals surface area contributed by atoms with Crippen molar-refractivity contribution in [1.82, 2.24) is 24.8 Å². The number of carbonyl (C=O) groups is 6. The van der Waals surface area contributed by atoms with Gasteiger partial charge in [-0.25, -0.2) is 15.0 Å². The van der Waals surface area contributed by atoms with E-state index in [1.807, 2.05) is 28.0 Å². The molecule has 0 aliphatic carbocycles. The molecular weight excluding hydrogens is 1530 g/mol. The summed E-state index contributed by atoms with van der Waals surface area (Å²) >= 11 is 25.5. The molecule has 2 saturated heterocycles. The number of halogens is 6. The summed E-state index contributed by atoms with van der Waals surface area (Å²) in [7, 11) is 0. The van der Waals surface area contributed by atoms with E-state index >= 15 is 0 Å². The summed E-state index contributed by atoms with van der Waals surface area (Å²) in [5, 5.41) is 33.2. The van der Waals surface area contributed by atoms with Crippen molar-refractivity contribution in [3.8, 4) is 0 Å². The number of nitrogens with two attached hydrogens (primary N) is 1. The third-order valence-electron chi connectivity index (χ3n) is 15.0. The number of nitrogens with one attached hydrogen (secondary N) is 6. The van der Waals surface area contributed by atoms with Gasteiger partial charge in [0.1, 0.15) is 29.1 Å². The molecule has 8 N–H and O–H groups in total. The highest BCUT2D eigenvalue weighted by Crippen LogP contribution is 2.26. The lowest BCUT2D eigenvalue weighted by molar-refractivity contribution is 0.0680. The Morgan fingerprint density at radius 2 is 0.760 bits per heavy atom. The Morgan fingerprint density at radius 1 is 0.438 bits per heavy atom. The van der Waals surface area contributed by atoms with Gasteiger partial charge in [-0.2, -0.15) is 5.90 Å². The number of hydrogen-bond acceptors (Lipinski definition) is 15. The number of amides is 3. The highest BCUT2D eigenvalue weighted by Gasteiger charge is 2.23. The Kier molecular flexibility index (Phi) is 25.3. The van der Waals surface area contributed by atoms with Crippen LogP contribution < -0.4 is 21.8 Å². The van der Waals surface area contributed by atoms with Crippen molar-refractivity contribution in [2.45, 2.75) is 25.7 Å². The lowest BCUT2D eigenvalue weighted by Gasteiger charge is -2.33. The fourth-order valence-electron chi connectivity index (χ4n) is 9.66. The Hall–Kier alpha value is -8.98. The van der Waals surface area contributed by atoms with Gasteiger partial charge in [0.05, 0.1) is 13.2 Å². The average molecular weight is 1590 g/mol. The normalized spacial score (nSPS) is 12.2. The minimum absolute atomic E-state index is 0.00211. The number of rotatable bonds is 18. The number of morpholine rings is 1. The van der Waals surface area contributed by atoms with Crippen LogP contribution in [0.4, 0.5) is 17.5 Å². The minimum Gasteiger partial charge on any atom is -0.391 e. The first-order chi connectivity index (χ1) is 46.2. The molecule has 11 rings (SSSR count). The van der Waals surface area contributed by atoms with Crippen LogP contribution in [0.2, 0.25) is 10.0 Å². The molecule has 0 radical (unpaired) electrons. The quantitative estimate of drug-likeness (QED) is 0.0182. The maximum Gasteiger partial charge on any atom is 0.257 e. The third-order valence-corrected chi connectivity index (χ3v) is 17.3. The van der Waals surface area contributed by atoms with Crippen LogP contribution in [0.25, 0.3) is 0 Å². The second kappa shape index (κ2) is 34.1. The molecule has 0 spiro atoms. The SMILES string of the molecule is N=C(ON)c1ccc(C(=O)Cc2ccc(Cl)cc2C(=O)Nc2ccc(Br)cn2)cc1.N=C(c1ccc(C(=O)Cc2ccc(Br)cc2C(=O)Nc2ccc(Br)cn2)cc1)N1CCC1.N=C(c1ccc(C(=O)Cc2ccc(Cl)cc2C(=O)Nc2ccc(Br)cn2)cc1)N1CCOCC1. The van der Waals surface area contributed by atoms with Gasteiger partial charge in [0.25, 0.3) is 17.7 Å². The monoisotopic (exact) mass is 1580 g/mol. The van der Waals surface area contributed by atoms with Crippen LogP contribution in [-0.2, 0) is 28.8 Å². The number of likely N-dealkylation sites (tertiary alicyclic amines) is 1. The first-order valence-corrected chi connectivity index (χ1v) is 33.4. The zero-order chi connectivity index (χ0) is 68.4. The van der Waals surface area contributed by atoms with Crippen LogP contribution in [-0.4, -0.2) is 117 Å². The summed E-state index contributed by atoms with van der Waals surface area (Å²) in [4.78, 5) is 98.0. The van der Waals surface area contributed by atoms with Crippen molar-refractivity contribution in [3.63, 3.8) is 0 Å². The Labute approximate surface area is 595 Å². The van der Waals surface area contributed by atoms with Gasteiger partial charge in [-0.15, -0.1) is 0 Å². The van der Waals surface area contributed by atoms with Crippen LogP contribution in [0.5, 0.6) is 0 Å². The number of Topliss-reactive ketones (excluding diaryl/α,β-unsaturated/α-hetero) is 3. The summed E-state index contributed by atoms with van der Waals surface area (Å²) in [6, 6.07) is 45.7. The van der Waals surface area contributed by atoms with Crippen molar-refractivity contribution in [2.75, 3.05) is 55.3 Å². The number of ether oxygens (including phenoxy) is 1. The van der Waals surface area contributed by atoms with E-state index in [-0.39, 0.29) is 54.0 Å². The molecule has 2 aliphatic heterocycles. The van der Waals surface area contributed by atoms with Crippen molar-refractivity contribution in [1.29, 1.82) is 16.2 Å². The van der Waals surface area contributed by atoms with E-state index in [0.29, 0.717) is 116 Å². The molecule has 0 bridgehead atoms. The second-order valence-corrected chi connectivity index (χ2v) is 26.0. The maximum atomic E-state index is 13.0. The van der Waals surface area contributed by atoms with E-state index in [0.717, 1.165) is 48.5 Å². The van der Waals surface area contributed by atoms with Gasteiger partial charge in [0.2, 0.25) is 5.90 Å². The summed E-state index contributed by atoms with van der Waals surface area (Å²) in [5.41, 5.74) is 6.21. The smallest absolute Gasteiger partial charge is 0.257 e. The molecule has 0 saturated carbocycles. The van der Waals surface area contributed by atoms with Crippen molar-refractivity contribution < 1.29 is 38.3 Å². The molecule has 26 heteroatoms. The van der Waals surface area contributed by atoms with Crippen LogP contribution in [0.1, 0.15) is 102 Å². The number of aromatic nitrogens is 3. The molecular formula is C70H58Br4Cl2N12O8. The van der Waals surface area contributed by atoms with Gasteiger partial charge >= 0.3 is 0 Å². The van der Waals surface area contributed by atoms with Gasteiger partial charge in [-0.1, -0.05) is 118 Å². The minimum atomic E-state index is -0.418. The summed E-state index contributed by atoms with van der Waals surface area (Å²) in [5.74, 6) is 5.31.